The van der Waals surface area contributed by atoms with E-state index in [2.05, 4.69) is 15.3 Å². The maximum absolute atomic E-state index is 13.6. The Morgan fingerprint density at radius 1 is 1.10 bits per heavy atom. The van der Waals surface area contributed by atoms with Crippen LogP contribution in [0.1, 0.15) is 32.5 Å². The van der Waals surface area contributed by atoms with Crippen LogP contribution in [0.15, 0.2) is 71.8 Å². The Balaban J connectivity index is 1.94. The lowest BCUT2D eigenvalue weighted by Crippen LogP contribution is -2.47. The summed E-state index contributed by atoms with van der Waals surface area (Å²) in [6, 6.07) is 17.1. The van der Waals surface area contributed by atoms with E-state index in [1.807, 2.05) is 74.5 Å². The molecule has 3 aromatic heterocycles. The molecule has 3 heterocycles. The number of nitrogens with zero attached hydrogens (tertiary/aromatic N) is 3. The Morgan fingerprint density at radius 3 is 2.58 bits per heavy atom. The van der Waals surface area contributed by atoms with Gasteiger partial charge in [-0.25, -0.2) is 0 Å². The Labute approximate surface area is 185 Å². The molecule has 0 spiro atoms. The highest BCUT2D eigenvalue weighted by Gasteiger charge is 2.17. The number of nitrogens with one attached hydrogen (secondary N) is 1. The van der Waals surface area contributed by atoms with Gasteiger partial charge in [0.2, 0.25) is 0 Å². The van der Waals surface area contributed by atoms with Crippen molar-refractivity contribution in [2.24, 2.45) is 0 Å². The highest BCUT2D eigenvalue weighted by atomic mass is 35.5. The number of benzene rings is 1. The maximum atomic E-state index is 13.6. The fraction of sp³-hybridized carbons (Fsp3) is 0.160. The van der Waals surface area contributed by atoms with Gasteiger partial charge in [-0.2, -0.15) is 0 Å². The molecule has 1 aromatic carbocycles. The summed E-state index contributed by atoms with van der Waals surface area (Å²) in [5.41, 5.74) is 3.93. The third kappa shape index (κ3) is 3.97. The molecule has 1 atom stereocenters. The monoisotopic (exact) mass is 430 g/mol. The zero-order chi connectivity index (χ0) is 22.0. The molecular formula is C25H23ClN4O. The van der Waals surface area contributed by atoms with E-state index in [-0.39, 0.29) is 11.6 Å². The van der Waals surface area contributed by atoms with Gasteiger partial charge < -0.3 is 5.32 Å². The van der Waals surface area contributed by atoms with E-state index in [1.54, 1.807) is 23.9 Å². The quantitative estimate of drug-likeness (QED) is 0.529. The van der Waals surface area contributed by atoms with Crippen LogP contribution in [0.5, 0.6) is 0 Å². The number of para-hydroxylation sites is 1. The predicted octanol–water partition coefficient (Wildman–Crippen LogP) is 4.12. The fourth-order valence-corrected chi connectivity index (χ4v) is 3.98. The Morgan fingerprint density at radius 2 is 1.87 bits per heavy atom. The number of hydrogen-bond acceptors (Lipinski definition) is 4. The normalized spacial score (nSPS) is 13.9. The van der Waals surface area contributed by atoms with Crippen molar-refractivity contribution in [3.8, 4) is 5.69 Å². The zero-order valence-corrected chi connectivity index (χ0v) is 18.4. The summed E-state index contributed by atoms with van der Waals surface area (Å²) in [6.07, 6.45) is 5.42. The number of pyridine rings is 3. The van der Waals surface area contributed by atoms with Crippen molar-refractivity contribution in [1.29, 1.82) is 0 Å². The number of fused-ring (bicyclic) bond motifs is 1. The summed E-state index contributed by atoms with van der Waals surface area (Å²) >= 11 is 6.33. The van der Waals surface area contributed by atoms with Crippen LogP contribution >= 0.6 is 11.6 Å². The van der Waals surface area contributed by atoms with E-state index in [4.69, 9.17) is 11.6 Å². The minimum absolute atomic E-state index is 0.143. The van der Waals surface area contributed by atoms with E-state index in [0.29, 0.717) is 10.3 Å². The molecule has 1 unspecified atom stereocenters. The lowest BCUT2D eigenvalue weighted by molar-refractivity contribution is 0.764. The second-order valence-electron chi connectivity index (χ2n) is 7.29. The standard InChI is InChI=1S/C25H23ClN4O/c1-4-18-15-22(17(3)29-21-12-14-27-20-11-8-13-28-24(20)21)30(19-9-6-5-7-10-19)25(31)23(18)16(2)26/h4-15,17H,1-3H3,(H,27,29). The number of hydrogen-bond donors (Lipinski definition) is 1. The molecule has 0 aliphatic rings. The zero-order valence-electron chi connectivity index (χ0n) is 17.6. The molecule has 0 bridgehead atoms. The third-order valence-corrected chi connectivity index (χ3v) is 5.44. The van der Waals surface area contributed by atoms with E-state index in [9.17, 15) is 4.79 Å². The molecule has 6 heteroatoms. The van der Waals surface area contributed by atoms with Crippen LogP contribution in [0, 0.1) is 0 Å². The molecule has 1 N–H and O–H groups in total. The molecule has 156 valence electrons. The summed E-state index contributed by atoms with van der Waals surface area (Å²) in [4.78, 5) is 22.4. The van der Waals surface area contributed by atoms with E-state index in [1.165, 1.54) is 0 Å². The molecule has 0 aliphatic heterocycles. The first-order valence-corrected chi connectivity index (χ1v) is 10.5. The van der Waals surface area contributed by atoms with Crippen LogP contribution in [0.2, 0.25) is 0 Å². The fourth-order valence-electron chi connectivity index (χ4n) is 3.79. The van der Waals surface area contributed by atoms with Crippen LogP contribution in [0.3, 0.4) is 0 Å². The van der Waals surface area contributed by atoms with Crippen molar-refractivity contribution in [3.05, 3.63) is 93.5 Å². The van der Waals surface area contributed by atoms with Gasteiger partial charge in [0.15, 0.2) is 0 Å². The highest BCUT2D eigenvalue weighted by molar-refractivity contribution is 6.44. The average molecular weight is 431 g/mol. The minimum atomic E-state index is -0.191. The van der Waals surface area contributed by atoms with Gasteiger partial charge in [0.1, 0.15) is 5.52 Å². The van der Waals surface area contributed by atoms with E-state index in [0.717, 1.165) is 33.3 Å². The summed E-state index contributed by atoms with van der Waals surface area (Å²) in [5, 5.41) is 5.32. The first-order valence-electron chi connectivity index (χ1n) is 10.1. The van der Waals surface area contributed by atoms with Crippen molar-refractivity contribution in [2.75, 3.05) is 5.32 Å². The molecule has 4 rings (SSSR count). The smallest absolute Gasteiger partial charge is 0.264 e. The molecule has 0 saturated carbocycles. The van der Waals surface area contributed by atoms with Gasteiger partial charge >= 0.3 is 0 Å². The topological polar surface area (TPSA) is 59.8 Å². The molecular weight excluding hydrogens is 408 g/mol. The molecule has 0 fully saturated rings. The average Bonchev–Trinajstić information content (AvgIpc) is 2.78. The highest BCUT2D eigenvalue weighted by Crippen LogP contribution is 2.24. The van der Waals surface area contributed by atoms with Gasteiger partial charge in [-0.15, -0.1) is 0 Å². The van der Waals surface area contributed by atoms with Gasteiger partial charge in [-0.05, 0) is 62.4 Å². The van der Waals surface area contributed by atoms with Gasteiger partial charge in [0.05, 0.1) is 22.5 Å². The minimum Gasteiger partial charge on any atom is -0.375 e. The third-order valence-electron chi connectivity index (χ3n) is 5.25. The summed E-state index contributed by atoms with van der Waals surface area (Å²) in [5.74, 6) is 0. The van der Waals surface area contributed by atoms with E-state index < -0.39 is 0 Å². The number of halogens is 1. The van der Waals surface area contributed by atoms with Crippen LogP contribution in [0.4, 0.5) is 5.69 Å². The van der Waals surface area contributed by atoms with Crippen LogP contribution in [0.25, 0.3) is 27.8 Å². The van der Waals surface area contributed by atoms with E-state index >= 15 is 0 Å². The van der Waals surface area contributed by atoms with Gasteiger partial charge in [-0.3, -0.25) is 19.3 Å². The van der Waals surface area contributed by atoms with Crippen molar-refractivity contribution in [1.82, 2.24) is 14.5 Å². The van der Waals surface area contributed by atoms with Gasteiger partial charge in [0.25, 0.3) is 5.56 Å². The molecule has 31 heavy (non-hydrogen) atoms. The first kappa shape index (κ1) is 20.8. The maximum Gasteiger partial charge on any atom is 0.264 e. The largest absolute Gasteiger partial charge is 0.375 e. The molecule has 0 aliphatic carbocycles. The molecule has 5 nitrogen and oxygen atoms in total. The molecule has 0 saturated heterocycles. The van der Waals surface area contributed by atoms with Crippen LogP contribution < -0.4 is 21.3 Å². The summed E-state index contributed by atoms with van der Waals surface area (Å²) < 4.78 is 1.72. The Bertz CT molecular complexity index is 1420. The van der Waals surface area contributed by atoms with Crippen molar-refractivity contribution < 1.29 is 0 Å². The number of aromatic nitrogens is 3. The Kier molecular flexibility index (Phi) is 5.87. The summed E-state index contributed by atoms with van der Waals surface area (Å²) in [7, 11) is 0. The SMILES string of the molecule is CC=c1cc(C(C)Nc2ccnc3cccnc23)n(-c2ccccc2)c(=O)c1=C(C)Cl. The second kappa shape index (κ2) is 8.74. The van der Waals surface area contributed by atoms with Gasteiger partial charge in [0, 0.05) is 28.8 Å². The Hall–Kier alpha value is -3.44. The second-order valence-corrected chi connectivity index (χ2v) is 7.86. The lowest BCUT2D eigenvalue weighted by Gasteiger charge is -2.22. The lowest BCUT2D eigenvalue weighted by atomic mass is 10.1. The number of anilines is 1. The van der Waals surface area contributed by atoms with Crippen LogP contribution in [-0.4, -0.2) is 14.5 Å². The first-order chi connectivity index (χ1) is 15.0. The van der Waals surface area contributed by atoms with Crippen molar-refractivity contribution in [3.63, 3.8) is 0 Å². The van der Waals surface area contributed by atoms with Crippen molar-refractivity contribution >= 4 is 39.4 Å². The van der Waals surface area contributed by atoms with Crippen molar-refractivity contribution in [2.45, 2.75) is 26.8 Å². The predicted molar refractivity (Wildman–Crippen MR) is 128 cm³/mol. The number of rotatable bonds is 4. The molecule has 0 radical (unpaired) electrons. The molecule has 4 aromatic rings. The summed E-state index contributed by atoms with van der Waals surface area (Å²) in [6.45, 7) is 5.68. The van der Waals surface area contributed by atoms with Gasteiger partial charge in [-0.1, -0.05) is 35.9 Å². The van der Waals surface area contributed by atoms with Crippen LogP contribution in [-0.2, 0) is 0 Å². The molecule has 0 amide bonds.